The molecule has 0 saturated heterocycles. The molecule has 30 heavy (non-hydrogen) atoms. The number of amides is 4. The highest BCUT2D eigenvalue weighted by Crippen LogP contribution is 2.18. The highest BCUT2D eigenvalue weighted by molar-refractivity contribution is 5.94. The van der Waals surface area contributed by atoms with E-state index in [1.165, 1.54) is 6.92 Å². The molecule has 2 aromatic carbocycles. The number of nitrogens with one attached hydrogen (secondary N) is 4. The predicted molar refractivity (Wildman–Crippen MR) is 112 cm³/mol. The largest absolute Gasteiger partial charge is 0.494 e. The Bertz CT molecular complexity index is 842. The van der Waals surface area contributed by atoms with Gasteiger partial charge in [-0.15, -0.1) is 0 Å². The van der Waals surface area contributed by atoms with Crippen LogP contribution in [0.4, 0.5) is 10.5 Å². The summed E-state index contributed by atoms with van der Waals surface area (Å²) in [6.45, 7) is 5.48. The van der Waals surface area contributed by atoms with Crippen LogP contribution >= 0.6 is 0 Å². The van der Waals surface area contributed by atoms with E-state index in [4.69, 9.17) is 9.47 Å². The van der Waals surface area contributed by atoms with E-state index in [-0.39, 0.29) is 0 Å². The second-order valence-corrected chi connectivity index (χ2v) is 6.33. The quantitative estimate of drug-likeness (QED) is 0.494. The van der Waals surface area contributed by atoms with Crippen LogP contribution in [0.25, 0.3) is 0 Å². The number of anilines is 1. The number of carbonyl (C=O) groups is 3. The molecule has 4 N–H and O–H groups in total. The van der Waals surface area contributed by atoms with Crippen molar-refractivity contribution in [1.82, 2.24) is 16.2 Å². The molecular weight excluding hydrogens is 388 g/mol. The summed E-state index contributed by atoms with van der Waals surface area (Å²) in [6.07, 6.45) is -0.854. The summed E-state index contributed by atoms with van der Waals surface area (Å²) < 4.78 is 10.9. The van der Waals surface area contributed by atoms with Gasteiger partial charge in [0.15, 0.2) is 6.10 Å². The van der Waals surface area contributed by atoms with Crippen molar-refractivity contribution in [1.29, 1.82) is 0 Å². The van der Waals surface area contributed by atoms with Crippen molar-refractivity contribution in [2.24, 2.45) is 0 Å². The van der Waals surface area contributed by atoms with Crippen molar-refractivity contribution in [3.8, 4) is 11.5 Å². The van der Waals surface area contributed by atoms with Crippen molar-refractivity contribution in [2.45, 2.75) is 32.9 Å². The highest BCUT2D eigenvalue weighted by atomic mass is 16.5. The highest BCUT2D eigenvalue weighted by Gasteiger charge is 2.19. The van der Waals surface area contributed by atoms with Crippen LogP contribution in [0.3, 0.4) is 0 Å². The van der Waals surface area contributed by atoms with Gasteiger partial charge in [-0.2, -0.15) is 0 Å². The minimum Gasteiger partial charge on any atom is -0.494 e. The SMILES string of the molecule is CCOc1ccc(OC(C)C(=O)NNC(=O)C(C)NC(=O)Nc2ccccc2)cc1. The Labute approximate surface area is 175 Å². The molecule has 4 amide bonds. The van der Waals surface area contributed by atoms with Gasteiger partial charge in [-0.1, -0.05) is 18.2 Å². The number of rotatable bonds is 8. The van der Waals surface area contributed by atoms with Crippen LogP contribution in [0, 0.1) is 0 Å². The predicted octanol–water partition coefficient (Wildman–Crippen LogP) is 2.21. The zero-order chi connectivity index (χ0) is 21.9. The first-order chi connectivity index (χ1) is 14.4. The van der Waals surface area contributed by atoms with Gasteiger partial charge in [-0.05, 0) is 57.2 Å². The fourth-order valence-corrected chi connectivity index (χ4v) is 2.32. The number of hydrogen-bond acceptors (Lipinski definition) is 5. The summed E-state index contributed by atoms with van der Waals surface area (Å²) in [5, 5.41) is 5.08. The summed E-state index contributed by atoms with van der Waals surface area (Å²) in [7, 11) is 0. The number of urea groups is 1. The van der Waals surface area contributed by atoms with E-state index >= 15 is 0 Å². The van der Waals surface area contributed by atoms with E-state index in [2.05, 4.69) is 21.5 Å². The van der Waals surface area contributed by atoms with Gasteiger partial charge in [-0.25, -0.2) is 4.79 Å². The molecule has 0 fully saturated rings. The van der Waals surface area contributed by atoms with Crippen LogP contribution < -0.4 is 31.0 Å². The van der Waals surface area contributed by atoms with Crippen molar-refractivity contribution in [3.63, 3.8) is 0 Å². The number of benzene rings is 2. The topological polar surface area (TPSA) is 118 Å². The molecular formula is C21H26N4O5. The van der Waals surface area contributed by atoms with E-state index in [0.29, 0.717) is 23.8 Å². The second-order valence-electron chi connectivity index (χ2n) is 6.33. The first kappa shape index (κ1) is 22.5. The third-order valence-electron chi connectivity index (χ3n) is 3.90. The van der Waals surface area contributed by atoms with Gasteiger partial charge >= 0.3 is 6.03 Å². The molecule has 0 aliphatic rings. The minimum atomic E-state index is -0.878. The van der Waals surface area contributed by atoms with Gasteiger partial charge in [0, 0.05) is 5.69 Å². The van der Waals surface area contributed by atoms with Crippen LogP contribution in [0.15, 0.2) is 54.6 Å². The molecule has 2 aromatic rings. The zero-order valence-corrected chi connectivity index (χ0v) is 17.1. The number of para-hydroxylation sites is 1. The van der Waals surface area contributed by atoms with E-state index in [0.717, 1.165) is 0 Å². The van der Waals surface area contributed by atoms with E-state index in [9.17, 15) is 14.4 Å². The van der Waals surface area contributed by atoms with Gasteiger partial charge in [0.25, 0.3) is 11.8 Å². The van der Waals surface area contributed by atoms with E-state index in [1.807, 2.05) is 13.0 Å². The first-order valence-corrected chi connectivity index (χ1v) is 9.50. The number of carbonyl (C=O) groups excluding carboxylic acids is 3. The zero-order valence-electron chi connectivity index (χ0n) is 17.1. The molecule has 0 aliphatic heterocycles. The van der Waals surface area contributed by atoms with Crippen LogP contribution in [-0.2, 0) is 9.59 Å². The van der Waals surface area contributed by atoms with Crippen LogP contribution in [0.2, 0.25) is 0 Å². The van der Waals surface area contributed by atoms with E-state index < -0.39 is 30.0 Å². The van der Waals surface area contributed by atoms with E-state index in [1.54, 1.807) is 55.5 Å². The molecule has 2 unspecified atom stereocenters. The Morgan fingerprint density at radius 1 is 0.867 bits per heavy atom. The number of ether oxygens (including phenoxy) is 2. The normalized spacial score (nSPS) is 12.1. The summed E-state index contributed by atoms with van der Waals surface area (Å²) in [6, 6.07) is 14.2. The molecule has 9 heteroatoms. The van der Waals surface area contributed by atoms with Crippen molar-refractivity contribution >= 4 is 23.5 Å². The summed E-state index contributed by atoms with van der Waals surface area (Å²) in [4.78, 5) is 36.1. The standard InChI is InChI=1S/C21H26N4O5/c1-4-29-17-10-12-18(13-11-17)30-15(3)20(27)25-24-19(26)14(2)22-21(28)23-16-8-6-5-7-9-16/h5-15H,4H2,1-3H3,(H,24,26)(H,25,27)(H2,22,23,28). The molecule has 0 saturated carbocycles. The number of hydrogen-bond donors (Lipinski definition) is 4. The van der Waals surface area contributed by atoms with Crippen molar-refractivity contribution in [2.75, 3.05) is 11.9 Å². The second kappa shape index (κ2) is 11.3. The summed E-state index contributed by atoms with van der Waals surface area (Å²) in [5.41, 5.74) is 5.13. The molecule has 2 atom stereocenters. The Balaban J connectivity index is 1.74. The Morgan fingerprint density at radius 2 is 1.47 bits per heavy atom. The lowest BCUT2D eigenvalue weighted by atomic mass is 10.3. The monoisotopic (exact) mass is 414 g/mol. The minimum absolute atomic E-state index is 0.486. The molecule has 0 aromatic heterocycles. The lowest BCUT2D eigenvalue weighted by molar-refractivity contribution is -0.133. The lowest BCUT2D eigenvalue weighted by Crippen LogP contribution is -2.53. The van der Waals surface area contributed by atoms with Gasteiger partial charge in [0.1, 0.15) is 17.5 Å². The molecule has 160 valence electrons. The molecule has 0 radical (unpaired) electrons. The van der Waals surface area contributed by atoms with Crippen LogP contribution in [0.1, 0.15) is 20.8 Å². The smallest absolute Gasteiger partial charge is 0.319 e. The Morgan fingerprint density at radius 3 is 2.10 bits per heavy atom. The maximum atomic E-state index is 12.1. The van der Waals surface area contributed by atoms with Crippen LogP contribution in [-0.4, -0.2) is 36.6 Å². The maximum Gasteiger partial charge on any atom is 0.319 e. The molecule has 2 rings (SSSR count). The van der Waals surface area contributed by atoms with Gasteiger partial charge in [-0.3, -0.25) is 20.4 Å². The average molecular weight is 414 g/mol. The fraction of sp³-hybridized carbons (Fsp3) is 0.286. The van der Waals surface area contributed by atoms with Crippen molar-refractivity contribution < 1.29 is 23.9 Å². The fourth-order valence-electron chi connectivity index (χ4n) is 2.32. The molecule has 0 aliphatic carbocycles. The Kier molecular flexibility index (Phi) is 8.49. The van der Waals surface area contributed by atoms with Crippen molar-refractivity contribution in [3.05, 3.63) is 54.6 Å². The molecule has 9 nitrogen and oxygen atoms in total. The summed E-state index contributed by atoms with van der Waals surface area (Å²) in [5.74, 6) is 0.0602. The lowest BCUT2D eigenvalue weighted by Gasteiger charge is -2.18. The third-order valence-corrected chi connectivity index (χ3v) is 3.90. The maximum absolute atomic E-state index is 12.1. The molecule has 0 bridgehead atoms. The third kappa shape index (κ3) is 7.34. The average Bonchev–Trinajstić information content (AvgIpc) is 2.73. The Hall–Kier alpha value is -3.75. The van der Waals surface area contributed by atoms with Gasteiger partial charge < -0.3 is 20.1 Å². The molecule has 0 heterocycles. The molecule has 0 spiro atoms. The summed E-state index contributed by atoms with van der Waals surface area (Å²) >= 11 is 0. The first-order valence-electron chi connectivity index (χ1n) is 9.50. The van der Waals surface area contributed by atoms with Gasteiger partial charge in [0.05, 0.1) is 6.61 Å². The van der Waals surface area contributed by atoms with Gasteiger partial charge in [0.2, 0.25) is 0 Å². The van der Waals surface area contributed by atoms with Crippen LogP contribution in [0.5, 0.6) is 11.5 Å². The number of hydrazine groups is 1.